The molecule has 9 heavy (non-hydrogen) atoms. The summed E-state index contributed by atoms with van der Waals surface area (Å²) in [5, 5.41) is 8.15. The zero-order chi connectivity index (χ0) is 7.11. The largest absolute Gasteiger partial charge is 0.508 e. The van der Waals surface area contributed by atoms with Gasteiger partial charge in [0.25, 0.3) is 0 Å². The molecule has 0 fully saturated rings. The number of aliphatic hydroxyl groups excluding tert-OH is 1. The molecule has 54 valence electrons. The smallest absolute Gasteiger partial charge is 0.435 e. The van der Waals surface area contributed by atoms with Gasteiger partial charge >= 0.3 is 6.16 Å². The summed E-state index contributed by atoms with van der Waals surface area (Å²) in [6.07, 6.45) is -0.730. The molecular formula is C5H10O4. The Morgan fingerprint density at radius 2 is 2.22 bits per heavy atom. The van der Waals surface area contributed by atoms with Gasteiger partial charge < -0.3 is 14.6 Å². The van der Waals surface area contributed by atoms with Crippen molar-refractivity contribution in [2.24, 2.45) is 0 Å². The lowest BCUT2D eigenvalue weighted by Crippen LogP contribution is -2.09. The number of hydrogen-bond acceptors (Lipinski definition) is 4. The Bertz CT molecular complexity index is 81.0. The minimum absolute atomic E-state index is 0.00116. The molecule has 0 saturated heterocycles. The lowest BCUT2D eigenvalue weighted by Gasteiger charge is -2.00. The second-order valence-corrected chi connectivity index (χ2v) is 1.26. The van der Waals surface area contributed by atoms with Crippen LogP contribution in [0.25, 0.3) is 0 Å². The highest BCUT2D eigenvalue weighted by molar-refractivity contribution is 5.59. The summed E-state index contributed by atoms with van der Waals surface area (Å²) in [6, 6.07) is 0. The molecule has 0 bridgehead atoms. The number of hydrogen-bond donors (Lipinski definition) is 1. The van der Waals surface area contributed by atoms with Crippen molar-refractivity contribution in [2.45, 2.75) is 6.92 Å². The molecular weight excluding hydrogens is 124 g/mol. The van der Waals surface area contributed by atoms with E-state index in [1.54, 1.807) is 6.92 Å². The van der Waals surface area contributed by atoms with Crippen molar-refractivity contribution >= 4 is 6.16 Å². The molecule has 4 nitrogen and oxygen atoms in total. The molecule has 0 aliphatic heterocycles. The van der Waals surface area contributed by atoms with Crippen LogP contribution < -0.4 is 0 Å². The van der Waals surface area contributed by atoms with Crippen LogP contribution in [0.15, 0.2) is 0 Å². The average Bonchev–Trinajstić information content (AvgIpc) is 1.85. The first-order chi connectivity index (χ1) is 4.31. The fourth-order valence-electron chi connectivity index (χ4n) is 0.288. The van der Waals surface area contributed by atoms with E-state index in [1.165, 1.54) is 0 Å². The number of rotatable bonds is 3. The van der Waals surface area contributed by atoms with Crippen molar-refractivity contribution in [2.75, 3.05) is 19.8 Å². The first-order valence-electron chi connectivity index (χ1n) is 2.71. The number of ether oxygens (including phenoxy) is 2. The van der Waals surface area contributed by atoms with Crippen LogP contribution >= 0.6 is 0 Å². The van der Waals surface area contributed by atoms with Gasteiger partial charge in [-0.1, -0.05) is 0 Å². The van der Waals surface area contributed by atoms with E-state index in [0.29, 0.717) is 6.61 Å². The van der Waals surface area contributed by atoms with Gasteiger partial charge in [-0.3, -0.25) is 0 Å². The minimum atomic E-state index is -0.730. The van der Waals surface area contributed by atoms with E-state index in [0.717, 1.165) is 0 Å². The Morgan fingerprint density at radius 1 is 1.56 bits per heavy atom. The van der Waals surface area contributed by atoms with E-state index >= 15 is 0 Å². The zero-order valence-corrected chi connectivity index (χ0v) is 5.29. The Balaban J connectivity index is 3.06. The number of carbonyl (C=O) groups is 1. The molecule has 0 unspecified atom stereocenters. The number of carbonyl (C=O) groups excluding carboxylic acids is 1. The van der Waals surface area contributed by atoms with E-state index in [9.17, 15) is 4.79 Å². The molecule has 0 saturated carbocycles. The summed E-state index contributed by atoms with van der Waals surface area (Å²) in [7, 11) is 0. The van der Waals surface area contributed by atoms with E-state index < -0.39 is 6.16 Å². The molecule has 0 aromatic carbocycles. The highest BCUT2D eigenvalue weighted by atomic mass is 16.7. The summed E-state index contributed by atoms with van der Waals surface area (Å²) in [5.41, 5.74) is 0. The summed E-state index contributed by atoms with van der Waals surface area (Å²) in [5.74, 6) is 0. The van der Waals surface area contributed by atoms with Crippen LogP contribution in [0.1, 0.15) is 6.92 Å². The van der Waals surface area contributed by atoms with Gasteiger partial charge in [-0.2, -0.15) is 0 Å². The summed E-state index contributed by atoms with van der Waals surface area (Å²) < 4.78 is 8.69. The Hall–Kier alpha value is -0.770. The minimum Gasteiger partial charge on any atom is -0.435 e. The quantitative estimate of drug-likeness (QED) is 0.558. The van der Waals surface area contributed by atoms with Gasteiger partial charge in [-0.25, -0.2) is 4.79 Å². The molecule has 0 radical (unpaired) electrons. The first kappa shape index (κ1) is 8.23. The van der Waals surface area contributed by atoms with Crippen LogP contribution in [0.2, 0.25) is 0 Å². The van der Waals surface area contributed by atoms with Gasteiger partial charge in [0.15, 0.2) is 0 Å². The lowest BCUT2D eigenvalue weighted by molar-refractivity contribution is 0.0468. The van der Waals surface area contributed by atoms with Crippen LogP contribution in [0.3, 0.4) is 0 Å². The molecule has 1 N–H and O–H groups in total. The maximum atomic E-state index is 10.2. The summed E-state index contributed by atoms with van der Waals surface area (Å²) in [4.78, 5) is 10.2. The van der Waals surface area contributed by atoms with Gasteiger partial charge in [0, 0.05) is 0 Å². The topological polar surface area (TPSA) is 55.8 Å². The zero-order valence-electron chi connectivity index (χ0n) is 5.29. The van der Waals surface area contributed by atoms with E-state index in [4.69, 9.17) is 5.11 Å². The van der Waals surface area contributed by atoms with Gasteiger partial charge in [-0.05, 0) is 6.92 Å². The van der Waals surface area contributed by atoms with Crippen LogP contribution in [-0.2, 0) is 9.47 Å². The SMILES string of the molecule is CCOC(=O)OCCO. The van der Waals surface area contributed by atoms with Crippen LogP contribution in [-0.4, -0.2) is 31.1 Å². The first-order valence-corrected chi connectivity index (χ1v) is 2.71. The third kappa shape index (κ3) is 5.10. The molecule has 4 heteroatoms. The normalized spacial score (nSPS) is 8.67. The summed E-state index contributed by atoms with van der Waals surface area (Å²) >= 11 is 0. The van der Waals surface area contributed by atoms with Crippen molar-refractivity contribution in [1.29, 1.82) is 0 Å². The Labute approximate surface area is 53.4 Å². The predicted octanol–water partition coefficient (Wildman–Crippen LogP) is 0.152. The van der Waals surface area contributed by atoms with Gasteiger partial charge in [-0.15, -0.1) is 0 Å². The Kier molecular flexibility index (Phi) is 4.91. The molecule has 0 aromatic heterocycles. The standard InChI is InChI=1S/C5H10O4/c1-2-8-5(7)9-4-3-6/h6H,2-4H2,1H3. The van der Waals surface area contributed by atoms with Crippen molar-refractivity contribution in [3.05, 3.63) is 0 Å². The van der Waals surface area contributed by atoms with Crippen LogP contribution in [0, 0.1) is 0 Å². The van der Waals surface area contributed by atoms with Gasteiger partial charge in [0.05, 0.1) is 13.2 Å². The molecule has 0 aromatic rings. The van der Waals surface area contributed by atoms with E-state index in [-0.39, 0.29) is 13.2 Å². The third-order valence-corrected chi connectivity index (χ3v) is 0.573. The van der Waals surface area contributed by atoms with Crippen LogP contribution in [0.5, 0.6) is 0 Å². The lowest BCUT2D eigenvalue weighted by atomic mass is 10.8. The average molecular weight is 134 g/mol. The van der Waals surface area contributed by atoms with Crippen molar-refractivity contribution in [3.63, 3.8) is 0 Å². The molecule has 0 amide bonds. The predicted molar refractivity (Wildman–Crippen MR) is 30.1 cm³/mol. The van der Waals surface area contributed by atoms with Crippen molar-refractivity contribution in [1.82, 2.24) is 0 Å². The van der Waals surface area contributed by atoms with Gasteiger partial charge in [0.2, 0.25) is 0 Å². The second kappa shape index (κ2) is 5.37. The van der Waals surface area contributed by atoms with Crippen molar-refractivity contribution in [3.8, 4) is 0 Å². The van der Waals surface area contributed by atoms with Crippen molar-refractivity contribution < 1.29 is 19.4 Å². The summed E-state index contributed by atoms with van der Waals surface area (Å²) in [6.45, 7) is 1.81. The Morgan fingerprint density at radius 3 is 2.67 bits per heavy atom. The molecule has 0 rings (SSSR count). The highest BCUT2D eigenvalue weighted by Crippen LogP contribution is 1.82. The maximum absolute atomic E-state index is 10.2. The molecule has 0 atom stereocenters. The fourth-order valence-corrected chi connectivity index (χ4v) is 0.288. The highest BCUT2D eigenvalue weighted by Gasteiger charge is 1.98. The van der Waals surface area contributed by atoms with E-state index in [2.05, 4.69) is 9.47 Å². The molecule has 0 heterocycles. The fraction of sp³-hybridized carbons (Fsp3) is 0.800. The molecule has 0 aliphatic carbocycles. The molecule has 0 aliphatic rings. The maximum Gasteiger partial charge on any atom is 0.508 e. The second-order valence-electron chi connectivity index (χ2n) is 1.26. The van der Waals surface area contributed by atoms with Gasteiger partial charge in [0.1, 0.15) is 6.61 Å². The van der Waals surface area contributed by atoms with E-state index in [1.807, 2.05) is 0 Å². The monoisotopic (exact) mass is 134 g/mol. The van der Waals surface area contributed by atoms with Crippen LogP contribution in [0.4, 0.5) is 4.79 Å². The third-order valence-electron chi connectivity index (χ3n) is 0.573. The molecule has 0 spiro atoms. The number of aliphatic hydroxyl groups is 1.